The highest BCUT2D eigenvalue weighted by atomic mass is 16.5. The maximum Gasteiger partial charge on any atom is 0.229 e. The van der Waals surface area contributed by atoms with Crippen LogP contribution >= 0.6 is 0 Å². The maximum atomic E-state index is 14.1. The zero-order chi connectivity index (χ0) is 30.8. The molecular formula is C40H37NO4. The molecule has 0 spiro atoms. The molecule has 5 aromatic rings. The van der Waals surface area contributed by atoms with Crippen LogP contribution in [0.3, 0.4) is 0 Å². The average molecular weight is 596 g/mol. The van der Waals surface area contributed by atoms with Crippen LogP contribution in [-0.4, -0.2) is 36.9 Å². The van der Waals surface area contributed by atoms with E-state index in [9.17, 15) is 4.79 Å². The van der Waals surface area contributed by atoms with Gasteiger partial charge >= 0.3 is 0 Å². The third-order valence-electron chi connectivity index (χ3n) is 8.96. The predicted molar refractivity (Wildman–Crippen MR) is 180 cm³/mol. The van der Waals surface area contributed by atoms with Gasteiger partial charge < -0.3 is 13.9 Å². The van der Waals surface area contributed by atoms with E-state index in [4.69, 9.17) is 13.9 Å². The first kappa shape index (κ1) is 28.9. The van der Waals surface area contributed by atoms with Gasteiger partial charge in [0.2, 0.25) is 5.78 Å². The number of hydrogen-bond acceptors (Lipinski definition) is 5. The second-order valence-electron chi connectivity index (χ2n) is 12.1. The Morgan fingerprint density at radius 1 is 0.933 bits per heavy atom. The van der Waals surface area contributed by atoms with Crippen LogP contribution < -0.4 is 9.47 Å². The van der Waals surface area contributed by atoms with E-state index >= 15 is 0 Å². The molecule has 0 N–H and O–H groups in total. The molecule has 5 heteroatoms. The molecule has 0 saturated carbocycles. The summed E-state index contributed by atoms with van der Waals surface area (Å²) >= 11 is 0. The van der Waals surface area contributed by atoms with Gasteiger partial charge in [-0.15, -0.1) is 0 Å². The Hall–Kier alpha value is -4.87. The lowest BCUT2D eigenvalue weighted by Gasteiger charge is -2.31. The van der Waals surface area contributed by atoms with Crippen molar-refractivity contribution in [2.75, 3.05) is 26.2 Å². The van der Waals surface area contributed by atoms with Crippen molar-refractivity contribution in [3.05, 3.63) is 138 Å². The monoisotopic (exact) mass is 595 g/mol. The minimum Gasteiger partial charge on any atom is -0.492 e. The van der Waals surface area contributed by atoms with E-state index in [1.165, 1.54) is 18.4 Å². The lowest BCUT2D eigenvalue weighted by atomic mass is 9.90. The number of benzene rings is 4. The number of nitrogens with zero attached hydrogens (tertiary/aromatic N) is 1. The van der Waals surface area contributed by atoms with E-state index in [2.05, 4.69) is 41.8 Å². The molecule has 1 saturated heterocycles. The van der Waals surface area contributed by atoms with Crippen LogP contribution in [0.15, 0.2) is 120 Å². The Labute approximate surface area is 264 Å². The second kappa shape index (κ2) is 12.6. The highest BCUT2D eigenvalue weighted by molar-refractivity contribution is 6.17. The largest absolute Gasteiger partial charge is 0.492 e. The third kappa shape index (κ3) is 6.09. The first-order valence-electron chi connectivity index (χ1n) is 15.8. The summed E-state index contributed by atoms with van der Waals surface area (Å²) in [5.41, 5.74) is 6.16. The molecule has 5 nitrogen and oxygen atoms in total. The Bertz CT molecular complexity index is 1880. The van der Waals surface area contributed by atoms with Gasteiger partial charge in [0.1, 0.15) is 29.4 Å². The zero-order valence-electron chi connectivity index (χ0n) is 25.6. The number of likely N-dealkylation sites (tertiary alicyclic amines) is 1. The molecule has 0 aliphatic carbocycles. The van der Waals surface area contributed by atoms with Crippen LogP contribution in [-0.2, 0) is 6.42 Å². The van der Waals surface area contributed by atoms with E-state index in [0.717, 1.165) is 59.6 Å². The molecule has 226 valence electrons. The Morgan fingerprint density at radius 3 is 2.47 bits per heavy atom. The number of furan rings is 1. The summed E-state index contributed by atoms with van der Waals surface area (Å²) in [6.07, 6.45) is 5.49. The molecule has 0 amide bonds. The molecule has 3 heterocycles. The van der Waals surface area contributed by atoms with Crippen molar-refractivity contribution in [1.29, 1.82) is 0 Å². The minimum atomic E-state index is -0.202. The van der Waals surface area contributed by atoms with Gasteiger partial charge in [-0.25, -0.2) is 0 Å². The number of carbonyl (C=O) groups excluding carboxylic acids is 1. The molecule has 1 aromatic heterocycles. The van der Waals surface area contributed by atoms with E-state index in [-0.39, 0.29) is 11.5 Å². The Morgan fingerprint density at radius 2 is 1.69 bits per heavy atom. The van der Waals surface area contributed by atoms with Gasteiger partial charge in [0, 0.05) is 23.2 Å². The van der Waals surface area contributed by atoms with Gasteiger partial charge in [0.25, 0.3) is 0 Å². The van der Waals surface area contributed by atoms with E-state index in [1.807, 2.05) is 79.7 Å². The van der Waals surface area contributed by atoms with E-state index < -0.39 is 0 Å². The number of hydrogen-bond donors (Lipinski definition) is 0. The molecule has 0 radical (unpaired) electrons. The standard InChI is InChI=1S/C40H37NO4/c1-27-24-28(2)44-39-34(27)16-17-35-37(39)36(31-12-7-4-8-13-31)40(45-35)38(42)32-14-9-15-33(26-32)43-23-22-41-20-18-30(19-21-41)25-29-10-5-3-6-11-29/h3-17,24,26,30H,2,18-23,25H2,1H3. The fraction of sp³-hybridized carbons (Fsp3) is 0.225. The Kier molecular flexibility index (Phi) is 8.10. The molecule has 0 bridgehead atoms. The molecule has 1 fully saturated rings. The summed E-state index contributed by atoms with van der Waals surface area (Å²) in [7, 11) is 0. The summed E-state index contributed by atoms with van der Waals surface area (Å²) in [6.45, 7) is 9.67. The highest BCUT2D eigenvalue weighted by Crippen LogP contribution is 2.46. The van der Waals surface area contributed by atoms with Crippen molar-refractivity contribution < 1.29 is 18.7 Å². The highest BCUT2D eigenvalue weighted by Gasteiger charge is 2.28. The molecule has 4 aromatic carbocycles. The van der Waals surface area contributed by atoms with Crippen LogP contribution in [0, 0.1) is 5.92 Å². The zero-order valence-corrected chi connectivity index (χ0v) is 25.6. The van der Waals surface area contributed by atoms with Crippen molar-refractivity contribution in [1.82, 2.24) is 4.90 Å². The molecule has 45 heavy (non-hydrogen) atoms. The fourth-order valence-electron chi connectivity index (χ4n) is 6.61. The molecular weight excluding hydrogens is 558 g/mol. The normalized spacial score (nSPS) is 15.4. The van der Waals surface area contributed by atoms with Gasteiger partial charge in [-0.3, -0.25) is 9.69 Å². The topological polar surface area (TPSA) is 51.9 Å². The molecule has 2 aliphatic rings. The number of ketones is 1. The van der Waals surface area contributed by atoms with Crippen LogP contribution in [0.1, 0.15) is 47.0 Å². The number of carbonyl (C=O) groups is 1. The van der Waals surface area contributed by atoms with Crippen LogP contribution in [0.2, 0.25) is 0 Å². The number of piperidine rings is 1. The summed E-state index contributed by atoms with van der Waals surface area (Å²) in [6, 6.07) is 31.9. The first-order chi connectivity index (χ1) is 22.0. The van der Waals surface area contributed by atoms with Crippen molar-refractivity contribution in [3.63, 3.8) is 0 Å². The first-order valence-corrected chi connectivity index (χ1v) is 15.8. The van der Waals surface area contributed by atoms with E-state index in [0.29, 0.717) is 35.0 Å². The van der Waals surface area contributed by atoms with Crippen molar-refractivity contribution >= 4 is 22.3 Å². The van der Waals surface area contributed by atoms with Gasteiger partial charge in [0.15, 0.2) is 5.76 Å². The average Bonchev–Trinajstić information content (AvgIpc) is 3.47. The SMILES string of the molecule is C=C1C=C(C)c2ccc3oc(C(=O)c4cccc(OCCN5CCC(Cc6ccccc6)CC5)c4)c(-c4ccccc4)c3c2O1. The number of allylic oxidation sites excluding steroid dienone is 2. The molecule has 0 unspecified atom stereocenters. The quantitative estimate of drug-likeness (QED) is 0.159. The summed E-state index contributed by atoms with van der Waals surface area (Å²) in [5.74, 6) is 2.72. The maximum absolute atomic E-state index is 14.1. The fourth-order valence-corrected chi connectivity index (χ4v) is 6.61. The smallest absolute Gasteiger partial charge is 0.229 e. The summed E-state index contributed by atoms with van der Waals surface area (Å²) in [4.78, 5) is 16.6. The van der Waals surface area contributed by atoms with E-state index in [1.54, 1.807) is 0 Å². The Balaban J connectivity index is 1.08. The lowest BCUT2D eigenvalue weighted by molar-refractivity contribution is 0.101. The summed E-state index contributed by atoms with van der Waals surface area (Å²) in [5, 5.41) is 0.774. The number of fused-ring (bicyclic) bond motifs is 3. The third-order valence-corrected chi connectivity index (χ3v) is 8.96. The second-order valence-corrected chi connectivity index (χ2v) is 12.1. The molecule has 7 rings (SSSR count). The van der Waals surface area contributed by atoms with Crippen LogP contribution in [0.4, 0.5) is 0 Å². The minimum absolute atomic E-state index is 0.202. The van der Waals surface area contributed by atoms with Crippen molar-refractivity contribution in [2.24, 2.45) is 5.92 Å². The predicted octanol–water partition coefficient (Wildman–Crippen LogP) is 8.97. The van der Waals surface area contributed by atoms with Crippen molar-refractivity contribution in [2.45, 2.75) is 26.2 Å². The molecule has 2 aliphatic heterocycles. The van der Waals surface area contributed by atoms with Gasteiger partial charge in [0.05, 0.1) is 5.39 Å². The van der Waals surface area contributed by atoms with Gasteiger partial charge in [-0.05, 0) is 92.2 Å². The van der Waals surface area contributed by atoms with Crippen LogP contribution in [0.25, 0.3) is 27.7 Å². The summed E-state index contributed by atoms with van der Waals surface area (Å²) < 4.78 is 18.7. The number of rotatable bonds is 9. The van der Waals surface area contributed by atoms with Crippen LogP contribution in [0.5, 0.6) is 11.5 Å². The lowest BCUT2D eigenvalue weighted by Crippen LogP contribution is -2.37. The number of ether oxygens (including phenoxy) is 2. The van der Waals surface area contributed by atoms with Crippen molar-refractivity contribution in [3.8, 4) is 22.6 Å². The van der Waals surface area contributed by atoms with Gasteiger partial charge in [-0.2, -0.15) is 0 Å². The molecule has 0 atom stereocenters. The van der Waals surface area contributed by atoms with Gasteiger partial charge in [-0.1, -0.05) is 79.4 Å².